The Labute approximate surface area is 141 Å². The van der Waals surface area contributed by atoms with Gasteiger partial charge in [0, 0.05) is 16.9 Å². The smallest absolute Gasteiger partial charge is 0.277 e. The van der Waals surface area contributed by atoms with Crippen LogP contribution in [0.3, 0.4) is 0 Å². The summed E-state index contributed by atoms with van der Waals surface area (Å²) in [4.78, 5) is 4.38. The van der Waals surface area contributed by atoms with Crippen molar-refractivity contribution in [2.45, 2.75) is 49.0 Å². The van der Waals surface area contributed by atoms with Crippen LogP contribution in [0.5, 0.6) is 0 Å². The summed E-state index contributed by atoms with van der Waals surface area (Å²) in [7, 11) is 0. The molecule has 0 aliphatic heterocycles. The predicted octanol–water partition coefficient (Wildman–Crippen LogP) is 4.52. The van der Waals surface area contributed by atoms with E-state index in [1.807, 2.05) is 16.8 Å². The van der Waals surface area contributed by atoms with Gasteiger partial charge in [0.25, 0.3) is 5.22 Å². The number of rotatable bonds is 5. The number of nitrogens with zero attached hydrogens (tertiary/aromatic N) is 4. The first-order valence-electron chi connectivity index (χ1n) is 7.70. The van der Waals surface area contributed by atoms with Crippen LogP contribution in [0.1, 0.15) is 49.8 Å². The van der Waals surface area contributed by atoms with Crippen molar-refractivity contribution in [3.8, 4) is 11.4 Å². The molecule has 1 aliphatic rings. The van der Waals surface area contributed by atoms with Crippen LogP contribution in [0.4, 0.5) is 0 Å². The second-order valence-corrected chi connectivity index (χ2v) is 7.26. The molecule has 0 spiro atoms. The van der Waals surface area contributed by atoms with Gasteiger partial charge in [-0.05, 0) is 24.3 Å². The van der Waals surface area contributed by atoms with Gasteiger partial charge in [0.05, 0.1) is 5.75 Å². The highest BCUT2D eigenvalue weighted by molar-refractivity contribution is 7.98. The van der Waals surface area contributed by atoms with Crippen molar-refractivity contribution in [3.63, 3.8) is 0 Å². The largest absolute Gasteiger partial charge is 0.416 e. The van der Waals surface area contributed by atoms with Crippen LogP contribution in [0.15, 0.2) is 31.0 Å². The Bertz CT molecular complexity index is 747. The van der Waals surface area contributed by atoms with Gasteiger partial charge in [-0.2, -0.15) is 16.3 Å². The highest BCUT2D eigenvalue weighted by atomic mass is 32.2. The first-order valence-corrected chi connectivity index (χ1v) is 9.63. The number of thiophene rings is 1. The zero-order valence-electron chi connectivity index (χ0n) is 12.5. The maximum atomic E-state index is 5.78. The lowest BCUT2D eigenvalue weighted by molar-refractivity contribution is 0.334. The molecule has 0 aromatic carbocycles. The number of thioether (sulfide) groups is 1. The minimum Gasteiger partial charge on any atom is -0.416 e. The molecule has 0 bridgehead atoms. The lowest BCUT2D eigenvalue weighted by Gasteiger charge is -2.17. The second kappa shape index (κ2) is 6.84. The first kappa shape index (κ1) is 14.9. The summed E-state index contributed by atoms with van der Waals surface area (Å²) < 4.78 is 11.0. The SMILES string of the molecule is c1cc(-c2noc(CSc3nnc(C4CCCCC4)o3)n2)cs1. The Kier molecular flexibility index (Phi) is 4.43. The van der Waals surface area contributed by atoms with E-state index in [2.05, 4.69) is 20.3 Å². The summed E-state index contributed by atoms with van der Waals surface area (Å²) in [5.74, 6) is 2.92. The zero-order valence-corrected chi connectivity index (χ0v) is 14.1. The number of aromatic nitrogens is 4. The molecule has 120 valence electrons. The molecule has 0 saturated heterocycles. The van der Waals surface area contributed by atoms with Crippen molar-refractivity contribution in [2.24, 2.45) is 0 Å². The van der Waals surface area contributed by atoms with Gasteiger partial charge in [-0.1, -0.05) is 36.2 Å². The molecule has 3 aromatic rings. The Balaban J connectivity index is 1.37. The summed E-state index contributed by atoms with van der Waals surface area (Å²) in [5.41, 5.74) is 0.979. The lowest BCUT2D eigenvalue weighted by Crippen LogP contribution is -2.04. The molecule has 8 heteroatoms. The molecule has 0 unspecified atom stereocenters. The molecule has 1 aliphatic carbocycles. The average molecular weight is 348 g/mol. The summed E-state index contributed by atoms with van der Waals surface area (Å²) in [6.45, 7) is 0. The summed E-state index contributed by atoms with van der Waals surface area (Å²) in [6.07, 6.45) is 6.13. The van der Waals surface area contributed by atoms with Crippen molar-refractivity contribution in [1.29, 1.82) is 0 Å². The fourth-order valence-electron chi connectivity index (χ4n) is 2.74. The molecule has 0 atom stereocenters. The molecule has 1 fully saturated rings. The van der Waals surface area contributed by atoms with Crippen molar-refractivity contribution in [2.75, 3.05) is 0 Å². The minimum absolute atomic E-state index is 0.430. The maximum absolute atomic E-state index is 5.78. The first-order chi connectivity index (χ1) is 11.4. The van der Waals surface area contributed by atoms with E-state index in [4.69, 9.17) is 8.94 Å². The Morgan fingerprint density at radius 1 is 1.22 bits per heavy atom. The average Bonchev–Trinajstić information content (AvgIpc) is 3.33. The Morgan fingerprint density at radius 3 is 2.96 bits per heavy atom. The molecule has 1 saturated carbocycles. The van der Waals surface area contributed by atoms with Gasteiger partial charge < -0.3 is 8.94 Å². The van der Waals surface area contributed by atoms with Gasteiger partial charge in [0.2, 0.25) is 17.6 Å². The van der Waals surface area contributed by atoms with Gasteiger partial charge in [-0.15, -0.1) is 10.2 Å². The van der Waals surface area contributed by atoms with Gasteiger partial charge in [0.1, 0.15) is 0 Å². The van der Waals surface area contributed by atoms with Gasteiger partial charge >= 0.3 is 0 Å². The van der Waals surface area contributed by atoms with Crippen molar-refractivity contribution < 1.29 is 8.94 Å². The van der Waals surface area contributed by atoms with E-state index >= 15 is 0 Å². The molecular formula is C15H16N4O2S2. The van der Waals surface area contributed by atoms with Gasteiger partial charge in [0.15, 0.2) is 0 Å². The molecule has 3 heterocycles. The van der Waals surface area contributed by atoms with Gasteiger partial charge in [-0.25, -0.2) is 0 Å². The molecule has 0 N–H and O–H groups in total. The topological polar surface area (TPSA) is 77.8 Å². The normalized spacial score (nSPS) is 16.0. The molecule has 0 radical (unpaired) electrons. The third-order valence-electron chi connectivity index (χ3n) is 3.94. The quantitative estimate of drug-likeness (QED) is 0.627. The van der Waals surface area contributed by atoms with Crippen molar-refractivity contribution in [1.82, 2.24) is 20.3 Å². The molecule has 0 amide bonds. The molecule has 4 rings (SSSR count). The predicted molar refractivity (Wildman–Crippen MR) is 87.3 cm³/mol. The standard InChI is InChI=1S/C15H16N4O2S2/c1-2-4-10(5-3-1)14-17-18-15(20-14)23-9-12-16-13(19-21-12)11-6-7-22-8-11/h6-8,10H,1-5,9H2. The van der Waals surface area contributed by atoms with Crippen LogP contribution in [-0.4, -0.2) is 20.3 Å². The highest BCUT2D eigenvalue weighted by Gasteiger charge is 2.21. The van der Waals surface area contributed by atoms with E-state index in [0.717, 1.165) is 24.3 Å². The molecule has 6 nitrogen and oxygen atoms in total. The fraction of sp³-hybridized carbons (Fsp3) is 0.467. The van der Waals surface area contributed by atoms with Crippen LogP contribution in [-0.2, 0) is 5.75 Å². The number of hydrogen-bond acceptors (Lipinski definition) is 8. The minimum atomic E-state index is 0.430. The molecule has 3 aromatic heterocycles. The lowest BCUT2D eigenvalue weighted by atomic mass is 9.89. The highest BCUT2D eigenvalue weighted by Crippen LogP contribution is 2.33. The summed E-state index contributed by atoms with van der Waals surface area (Å²) in [6, 6.07) is 1.97. The Hall–Kier alpha value is -1.67. The van der Waals surface area contributed by atoms with Crippen LogP contribution in [0.25, 0.3) is 11.4 Å². The summed E-state index contributed by atoms with van der Waals surface area (Å²) >= 11 is 3.04. The van der Waals surface area contributed by atoms with E-state index < -0.39 is 0 Å². The van der Waals surface area contributed by atoms with Crippen LogP contribution in [0, 0.1) is 0 Å². The van der Waals surface area contributed by atoms with E-state index in [-0.39, 0.29) is 0 Å². The van der Waals surface area contributed by atoms with Crippen LogP contribution < -0.4 is 0 Å². The third-order valence-corrected chi connectivity index (χ3v) is 5.43. The maximum Gasteiger partial charge on any atom is 0.277 e. The van der Waals surface area contributed by atoms with Crippen LogP contribution >= 0.6 is 23.1 Å². The fourth-order valence-corrected chi connectivity index (χ4v) is 3.98. The van der Waals surface area contributed by atoms with Gasteiger partial charge in [-0.3, -0.25) is 0 Å². The Morgan fingerprint density at radius 2 is 2.13 bits per heavy atom. The number of hydrogen-bond donors (Lipinski definition) is 0. The monoisotopic (exact) mass is 348 g/mol. The van der Waals surface area contributed by atoms with Crippen molar-refractivity contribution >= 4 is 23.1 Å². The molecule has 23 heavy (non-hydrogen) atoms. The zero-order chi connectivity index (χ0) is 15.5. The second-order valence-electron chi connectivity index (χ2n) is 5.55. The summed E-state index contributed by atoms with van der Waals surface area (Å²) in [5, 5.41) is 16.9. The molecular weight excluding hydrogens is 332 g/mol. The van der Waals surface area contributed by atoms with E-state index in [1.54, 1.807) is 11.3 Å². The van der Waals surface area contributed by atoms with Crippen molar-refractivity contribution in [3.05, 3.63) is 28.6 Å². The van der Waals surface area contributed by atoms with Crippen LogP contribution in [0.2, 0.25) is 0 Å². The van der Waals surface area contributed by atoms with E-state index in [0.29, 0.717) is 28.6 Å². The van der Waals surface area contributed by atoms with E-state index in [9.17, 15) is 0 Å². The third kappa shape index (κ3) is 3.48. The van der Waals surface area contributed by atoms with E-state index in [1.165, 1.54) is 31.0 Å².